The molecule has 2 aromatic carbocycles. The number of hydrogen-bond acceptors (Lipinski definition) is 6. The van der Waals surface area contributed by atoms with Crippen LogP contribution in [0.3, 0.4) is 0 Å². The van der Waals surface area contributed by atoms with Crippen LogP contribution >= 0.6 is 0 Å². The SMILES string of the molecule is Cc1ccccc1-c1nnc(-c2ccc(C(=O)Nc3ccc(N(C)C)cn3)cc2)o1. The van der Waals surface area contributed by atoms with Gasteiger partial charge in [-0.15, -0.1) is 10.2 Å². The van der Waals surface area contributed by atoms with Crippen molar-refractivity contribution in [2.75, 3.05) is 24.3 Å². The molecule has 2 aromatic heterocycles. The van der Waals surface area contributed by atoms with E-state index in [4.69, 9.17) is 4.42 Å². The highest BCUT2D eigenvalue weighted by Crippen LogP contribution is 2.26. The van der Waals surface area contributed by atoms with E-state index >= 15 is 0 Å². The number of aromatic nitrogens is 3. The molecule has 0 saturated heterocycles. The summed E-state index contributed by atoms with van der Waals surface area (Å²) in [5.41, 5.74) is 4.18. The van der Waals surface area contributed by atoms with E-state index in [1.807, 2.05) is 56.3 Å². The van der Waals surface area contributed by atoms with Crippen LogP contribution in [0, 0.1) is 6.92 Å². The highest BCUT2D eigenvalue weighted by Gasteiger charge is 2.13. The number of amides is 1. The molecule has 0 radical (unpaired) electrons. The number of benzene rings is 2. The first kappa shape index (κ1) is 19.3. The second-order valence-corrected chi connectivity index (χ2v) is 7.05. The van der Waals surface area contributed by atoms with Gasteiger partial charge in [0.2, 0.25) is 11.8 Å². The first-order chi connectivity index (χ1) is 14.5. The van der Waals surface area contributed by atoms with Crippen LogP contribution in [0.2, 0.25) is 0 Å². The topological polar surface area (TPSA) is 84.2 Å². The summed E-state index contributed by atoms with van der Waals surface area (Å²) in [6.07, 6.45) is 1.71. The van der Waals surface area contributed by atoms with Crippen molar-refractivity contribution in [1.29, 1.82) is 0 Å². The Morgan fingerprint density at radius 3 is 2.33 bits per heavy atom. The van der Waals surface area contributed by atoms with Crippen LogP contribution < -0.4 is 10.2 Å². The molecule has 2 heterocycles. The quantitative estimate of drug-likeness (QED) is 0.535. The molecule has 0 bridgehead atoms. The van der Waals surface area contributed by atoms with Gasteiger partial charge in [-0.2, -0.15) is 0 Å². The Morgan fingerprint density at radius 2 is 1.67 bits per heavy atom. The van der Waals surface area contributed by atoms with Crippen molar-refractivity contribution in [3.05, 3.63) is 78.0 Å². The predicted octanol–water partition coefficient (Wildman–Crippen LogP) is 4.43. The summed E-state index contributed by atoms with van der Waals surface area (Å²) in [6.45, 7) is 2.00. The van der Waals surface area contributed by atoms with Gasteiger partial charge in [-0.05, 0) is 55.0 Å². The summed E-state index contributed by atoms with van der Waals surface area (Å²) in [7, 11) is 3.87. The van der Waals surface area contributed by atoms with Gasteiger partial charge in [0.1, 0.15) is 5.82 Å². The van der Waals surface area contributed by atoms with Gasteiger partial charge in [0.05, 0.1) is 11.9 Å². The normalized spacial score (nSPS) is 10.6. The molecule has 0 spiro atoms. The maximum Gasteiger partial charge on any atom is 0.256 e. The van der Waals surface area contributed by atoms with Crippen LogP contribution in [0.5, 0.6) is 0 Å². The third kappa shape index (κ3) is 4.05. The molecule has 0 aliphatic heterocycles. The first-order valence-corrected chi connectivity index (χ1v) is 9.46. The van der Waals surface area contributed by atoms with Crippen LogP contribution in [-0.2, 0) is 0 Å². The van der Waals surface area contributed by atoms with Crippen LogP contribution in [0.15, 0.2) is 71.3 Å². The Balaban J connectivity index is 1.48. The number of carbonyl (C=O) groups is 1. The molecule has 4 rings (SSSR count). The molecule has 4 aromatic rings. The van der Waals surface area contributed by atoms with Crippen molar-refractivity contribution >= 4 is 17.4 Å². The maximum absolute atomic E-state index is 12.5. The lowest BCUT2D eigenvalue weighted by molar-refractivity contribution is 0.102. The molecule has 0 saturated carbocycles. The average Bonchev–Trinajstić information content (AvgIpc) is 3.24. The number of rotatable bonds is 5. The molecule has 1 N–H and O–H groups in total. The van der Waals surface area contributed by atoms with Crippen molar-refractivity contribution in [2.24, 2.45) is 0 Å². The largest absolute Gasteiger partial charge is 0.416 e. The van der Waals surface area contributed by atoms with E-state index in [1.165, 1.54) is 0 Å². The highest BCUT2D eigenvalue weighted by atomic mass is 16.4. The summed E-state index contributed by atoms with van der Waals surface area (Å²) in [5.74, 6) is 1.13. The minimum absolute atomic E-state index is 0.238. The molecule has 0 unspecified atom stereocenters. The van der Waals surface area contributed by atoms with Gasteiger partial charge in [-0.25, -0.2) is 4.98 Å². The number of hydrogen-bond donors (Lipinski definition) is 1. The van der Waals surface area contributed by atoms with Crippen molar-refractivity contribution in [3.63, 3.8) is 0 Å². The third-order valence-corrected chi connectivity index (χ3v) is 4.70. The van der Waals surface area contributed by atoms with Crippen molar-refractivity contribution < 1.29 is 9.21 Å². The third-order valence-electron chi connectivity index (χ3n) is 4.70. The van der Waals surface area contributed by atoms with Gasteiger partial charge in [0.15, 0.2) is 0 Å². The second kappa shape index (κ2) is 8.16. The van der Waals surface area contributed by atoms with Gasteiger partial charge >= 0.3 is 0 Å². The average molecular weight is 399 g/mol. The second-order valence-electron chi connectivity index (χ2n) is 7.05. The van der Waals surface area contributed by atoms with Crippen LogP contribution in [-0.4, -0.2) is 35.2 Å². The fourth-order valence-corrected chi connectivity index (χ4v) is 2.94. The van der Waals surface area contributed by atoms with Gasteiger partial charge < -0.3 is 14.6 Å². The number of nitrogens with one attached hydrogen (secondary N) is 1. The van der Waals surface area contributed by atoms with E-state index in [0.29, 0.717) is 23.2 Å². The Kier molecular flexibility index (Phi) is 5.26. The number of pyridine rings is 1. The lowest BCUT2D eigenvalue weighted by atomic mass is 10.1. The Labute approximate surface area is 174 Å². The number of carbonyl (C=O) groups excluding carboxylic acids is 1. The van der Waals surface area contributed by atoms with Gasteiger partial charge in [-0.3, -0.25) is 4.79 Å². The molecular weight excluding hydrogens is 378 g/mol. The molecule has 0 aliphatic carbocycles. The molecule has 150 valence electrons. The fourth-order valence-electron chi connectivity index (χ4n) is 2.94. The van der Waals surface area contributed by atoms with E-state index in [-0.39, 0.29) is 5.91 Å². The zero-order chi connectivity index (χ0) is 21.1. The number of nitrogens with zero attached hydrogens (tertiary/aromatic N) is 4. The summed E-state index contributed by atoms with van der Waals surface area (Å²) in [5, 5.41) is 11.1. The predicted molar refractivity (Wildman–Crippen MR) is 116 cm³/mol. The maximum atomic E-state index is 12.5. The molecule has 0 fully saturated rings. The van der Waals surface area contributed by atoms with Crippen molar-refractivity contribution in [3.8, 4) is 22.9 Å². The summed E-state index contributed by atoms with van der Waals surface area (Å²) in [6, 6.07) is 18.5. The lowest BCUT2D eigenvalue weighted by Crippen LogP contribution is -2.14. The Hall–Kier alpha value is -4.00. The summed E-state index contributed by atoms with van der Waals surface area (Å²) >= 11 is 0. The standard InChI is InChI=1S/C23H21N5O2/c1-15-6-4-5-7-19(15)23-27-26-22(30-23)17-10-8-16(9-11-17)21(29)25-20-13-12-18(14-24-20)28(2)3/h4-14H,1-3H3,(H,24,25,29). The van der Waals surface area contributed by atoms with Crippen LogP contribution in [0.25, 0.3) is 22.9 Å². The number of anilines is 2. The summed E-state index contributed by atoms with van der Waals surface area (Å²) < 4.78 is 5.83. The van der Waals surface area contributed by atoms with E-state index in [1.54, 1.807) is 36.5 Å². The smallest absolute Gasteiger partial charge is 0.256 e. The zero-order valence-electron chi connectivity index (χ0n) is 17.0. The molecule has 30 heavy (non-hydrogen) atoms. The molecule has 1 amide bonds. The minimum Gasteiger partial charge on any atom is -0.416 e. The molecule has 0 aliphatic rings. The monoisotopic (exact) mass is 399 g/mol. The molecular formula is C23H21N5O2. The fraction of sp³-hybridized carbons (Fsp3) is 0.130. The van der Waals surface area contributed by atoms with Crippen LogP contribution in [0.4, 0.5) is 11.5 Å². The highest BCUT2D eigenvalue weighted by molar-refractivity contribution is 6.04. The minimum atomic E-state index is -0.238. The van der Waals surface area contributed by atoms with Gasteiger partial charge in [0, 0.05) is 30.8 Å². The Bertz CT molecular complexity index is 1160. The zero-order valence-corrected chi connectivity index (χ0v) is 17.0. The van der Waals surface area contributed by atoms with Crippen molar-refractivity contribution in [2.45, 2.75) is 6.92 Å². The number of aryl methyl sites for hydroxylation is 1. The first-order valence-electron chi connectivity index (χ1n) is 9.46. The van der Waals surface area contributed by atoms with E-state index in [9.17, 15) is 4.79 Å². The summed E-state index contributed by atoms with van der Waals surface area (Å²) in [4.78, 5) is 18.7. The molecule has 7 nitrogen and oxygen atoms in total. The Morgan fingerprint density at radius 1 is 0.933 bits per heavy atom. The van der Waals surface area contributed by atoms with E-state index in [2.05, 4.69) is 20.5 Å². The van der Waals surface area contributed by atoms with Gasteiger partial charge in [-0.1, -0.05) is 18.2 Å². The van der Waals surface area contributed by atoms with Crippen molar-refractivity contribution in [1.82, 2.24) is 15.2 Å². The van der Waals surface area contributed by atoms with Gasteiger partial charge in [0.25, 0.3) is 5.91 Å². The van der Waals surface area contributed by atoms with Crippen LogP contribution in [0.1, 0.15) is 15.9 Å². The molecule has 7 heteroatoms. The van der Waals surface area contributed by atoms with E-state index < -0.39 is 0 Å². The van der Waals surface area contributed by atoms with E-state index in [0.717, 1.165) is 22.4 Å². The lowest BCUT2D eigenvalue weighted by Gasteiger charge is -2.12. The molecule has 0 atom stereocenters.